The minimum Gasteiger partial charge on any atom is -0.346 e. The number of carbonyl (C=O) groups excluding carboxylic acids is 1. The van der Waals surface area contributed by atoms with Gasteiger partial charge in [-0.1, -0.05) is 17.7 Å². The molecule has 25 heavy (non-hydrogen) atoms. The summed E-state index contributed by atoms with van der Waals surface area (Å²) in [6, 6.07) is 9.53. The smallest absolute Gasteiger partial charge is 0.272 e. The molecule has 6 nitrogen and oxygen atoms in total. The maximum absolute atomic E-state index is 12.6. The van der Waals surface area contributed by atoms with Crippen LogP contribution in [0.5, 0.6) is 0 Å². The molecule has 2 fully saturated rings. The van der Waals surface area contributed by atoms with Crippen molar-refractivity contribution in [2.45, 2.75) is 44.3 Å². The first-order chi connectivity index (χ1) is 12.1. The lowest BCUT2D eigenvalue weighted by Gasteiger charge is -2.21. The zero-order valence-corrected chi connectivity index (χ0v) is 14.6. The number of nitrogens with one attached hydrogen (secondary N) is 1. The molecule has 0 unspecified atom stereocenters. The molecule has 1 amide bonds. The monoisotopic (exact) mass is 355 g/mol. The molecule has 0 radical (unpaired) electrons. The second-order valence-corrected chi connectivity index (χ2v) is 7.12. The van der Waals surface area contributed by atoms with E-state index in [4.69, 9.17) is 11.6 Å². The number of aromatic nitrogens is 2. The average Bonchev–Trinajstić information content (AvgIpc) is 3.26. The molecule has 128 valence electrons. The Morgan fingerprint density at radius 2 is 2.24 bits per heavy atom. The van der Waals surface area contributed by atoms with Crippen LogP contribution in [0.1, 0.15) is 35.4 Å². The summed E-state index contributed by atoms with van der Waals surface area (Å²) in [5.41, 5.74) is 2.06. The van der Waals surface area contributed by atoms with E-state index >= 15 is 0 Å². The van der Waals surface area contributed by atoms with Crippen molar-refractivity contribution in [3.05, 3.63) is 46.7 Å². The van der Waals surface area contributed by atoms with Crippen molar-refractivity contribution in [3.8, 4) is 11.9 Å². The number of fused-ring (bicyclic) bond motifs is 2. The van der Waals surface area contributed by atoms with Crippen molar-refractivity contribution in [2.24, 2.45) is 0 Å². The number of benzene rings is 1. The number of aryl methyl sites for hydroxylation is 1. The van der Waals surface area contributed by atoms with E-state index in [1.807, 2.05) is 30.0 Å². The summed E-state index contributed by atoms with van der Waals surface area (Å²) in [6.07, 6.45) is 5.08. The van der Waals surface area contributed by atoms with Crippen LogP contribution in [0.25, 0.3) is 5.69 Å². The molecule has 0 spiro atoms. The van der Waals surface area contributed by atoms with Crippen molar-refractivity contribution in [2.75, 3.05) is 0 Å². The number of nitrogens with zero attached hydrogens (tertiary/aromatic N) is 4. The van der Waals surface area contributed by atoms with Gasteiger partial charge in [-0.2, -0.15) is 10.4 Å². The van der Waals surface area contributed by atoms with Crippen molar-refractivity contribution < 1.29 is 4.79 Å². The minimum absolute atomic E-state index is 0.0162. The number of carbonyl (C=O) groups is 1. The van der Waals surface area contributed by atoms with Crippen LogP contribution in [0.15, 0.2) is 30.3 Å². The second-order valence-electron chi connectivity index (χ2n) is 6.68. The van der Waals surface area contributed by atoms with Gasteiger partial charge in [0.2, 0.25) is 0 Å². The van der Waals surface area contributed by atoms with Gasteiger partial charge < -0.3 is 10.2 Å². The molecule has 4 rings (SSSR count). The van der Waals surface area contributed by atoms with Crippen LogP contribution >= 0.6 is 11.6 Å². The standard InChI is InChI=1S/C18H18ClN5O/c1-11-7-16(22-24(11)14-4-2-3-12(19)8-14)18(25)21-15-9-13-5-6-17(15)23(13)10-20/h2-4,7-8,13,15,17H,5-6,9H2,1H3,(H,21,25)/t13-,15+,17+/m0/s1. The molecule has 2 bridgehead atoms. The third-order valence-corrected chi connectivity index (χ3v) is 5.38. The van der Waals surface area contributed by atoms with Gasteiger partial charge in [0.05, 0.1) is 17.8 Å². The first kappa shape index (κ1) is 16.0. The number of hydrogen-bond donors (Lipinski definition) is 1. The number of hydrogen-bond acceptors (Lipinski definition) is 4. The highest BCUT2D eigenvalue weighted by molar-refractivity contribution is 6.30. The largest absolute Gasteiger partial charge is 0.346 e. The fraction of sp³-hybridized carbons (Fsp3) is 0.389. The zero-order valence-electron chi connectivity index (χ0n) is 13.8. The molecular weight excluding hydrogens is 338 g/mol. The van der Waals surface area contributed by atoms with Crippen molar-refractivity contribution in [1.29, 1.82) is 5.26 Å². The van der Waals surface area contributed by atoms with Crippen LogP contribution in [0, 0.1) is 18.4 Å². The maximum Gasteiger partial charge on any atom is 0.272 e. The number of amides is 1. The Hall–Kier alpha value is -2.52. The predicted octanol–water partition coefficient (Wildman–Crippen LogP) is 2.65. The van der Waals surface area contributed by atoms with Crippen LogP contribution < -0.4 is 5.32 Å². The minimum atomic E-state index is -0.195. The number of halogens is 1. The molecule has 1 aromatic carbocycles. The van der Waals surface area contributed by atoms with Gasteiger partial charge in [0.1, 0.15) is 0 Å². The fourth-order valence-electron chi connectivity index (χ4n) is 4.00. The summed E-state index contributed by atoms with van der Waals surface area (Å²) in [4.78, 5) is 14.5. The van der Waals surface area contributed by atoms with Gasteiger partial charge in [-0.25, -0.2) is 4.68 Å². The van der Waals surface area contributed by atoms with E-state index in [1.165, 1.54) is 0 Å². The molecule has 0 aliphatic carbocycles. The first-order valence-electron chi connectivity index (χ1n) is 8.38. The SMILES string of the molecule is Cc1cc(C(=O)N[C@@H]2C[C@@H]3CC[C@H]2N3C#N)nn1-c1cccc(Cl)c1. The molecular formula is C18H18ClN5O. The van der Waals surface area contributed by atoms with Crippen molar-refractivity contribution in [3.63, 3.8) is 0 Å². The second kappa shape index (κ2) is 6.08. The van der Waals surface area contributed by atoms with Crippen LogP contribution in [0.4, 0.5) is 0 Å². The first-order valence-corrected chi connectivity index (χ1v) is 8.76. The quantitative estimate of drug-likeness (QED) is 0.859. The molecule has 7 heteroatoms. The predicted molar refractivity (Wildman–Crippen MR) is 93.4 cm³/mol. The average molecular weight is 356 g/mol. The normalized spacial score (nSPS) is 24.4. The third-order valence-electron chi connectivity index (χ3n) is 5.14. The summed E-state index contributed by atoms with van der Waals surface area (Å²) in [7, 11) is 0. The molecule has 0 saturated carbocycles. The van der Waals surface area contributed by atoms with Crippen LogP contribution in [0.2, 0.25) is 5.02 Å². The summed E-state index contributed by atoms with van der Waals surface area (Å²) >= 11 is 6.04. The summed E-state index contributed by atoms with van der Waals surface area (Å²) in [5, 5.41) is 17.4. The van der Waals surface area contributed by atoms with Gasteiger partial charge in [-0.15, -0.1) is 0 Å². The Morgan fingerprint density at radius 3 is 2.96 bits per heavy atom. The van der Waals surface area contributed by atoms with Gasteiger partial charge in [0.25, 0.3) is 5.91 Å². The molecule has 2 aliphatic heterocycles. The van der Waals surface area contributed by atoms with Crippen molar-refractivity contribution in [1.82, 2.24) is 20.0 Å². The lowest BCUT2D eigenvalue weighted by Crippen LogP contribution is -2.43. The van der Waals surface area contributed by atoms with E-state index in [0.29, 0.717) is 10.7 Å². The molecule has 3 atom stereocenters. The highest BCUT2D eigenvalue weighted by atomic mass is 35.5. The van der Waals surface area contributed by atoms with Crippen LogP contribution in [-0.4, -0.2) is 38.7 Å². The highest BCUT2D eigenvalue weighted by Crippen LogP contribution is 2.37. The van der Waals surface area contributed by atoms with E-state index in [-0.39, 0.29) is 24.0 Å². The van der Waals surface area contributed by atoms with Crippen LogP contribution in [-0.2, 0) is 0 Å². The van der Waals surface area contributed by atoms with Gasteiger partial charge >= 0.3 is 0 Å². The van der Waals surface area contributed by atoms with Crippen molar-refractivity contribution >= 4 is 17.5 Å². The fourth-order valence-corrected chi connectivity index (χ4v) is 4.18. The zero-order chi connectivity index (χ0) is 17.6. The van der Waals surface area contributed by atoms with Gasteiger partial charge in [0, 0.05) is 16.8 Å². The molecule has 2 aromatic rings. The third kappa shape index (κ3) is 2.75. The number of nitriles is 1. The van der Waals surface area contributed by atoms with Gasteiger partial charge in [-0.05, 0) is 50.5 Å². The van der Waals surface area contributed by atoms with Gasteiger partial charge in [-0.3, -0.25) is 4.79 Å². The lowest BCUT2D eigenvalue weighted by molar-refractivity contribution is 0.0923. The van der Waals surface area contributed by atoms with E-state index < -0.39 is 0 Å². The van der Waals surface area contributed by atoms with E-state index in [0.717, 1.165) is 30.6 Å². The summed E-state index contributed by atoms with van der Waals surface area (Å²) in [6.45, 7) is 1.90. The molecule has 1 aromatic heterocycles. The Balaban J connectivity index is 1.52. The molecule has 2 aliphatic rings. The Labute approximate surface area is 151 Å². The molecule has 2 saturated heterocycles. The summed E-state index contributed by atoms with van der Waals surface area (Å²) in [5.74, 6) is -0.195. The van der Waals surface area contributed by atoms with Gasteiger partial charge in [0.15, 0.2) is 11.9 Å². The van der Waals surface area contributed by atoms with E-state index in [9.17, 15) is 10.1 Å². The Bertz CT molecular complexity index is 871. The van der Waals surface area contributed by atoms with Crippen LogP contribution in [0.3, 0.4) is 0 Å². The topological polar surface area (TPSA) is 74.0 Å². The molecule has 1 N–H and O–H groups in total. The Morgan fingerprint density at radius 1 is 1.40 bits per heavy atom. The highest BCUT2D eigenvalue weighted by Gasteiger charge is 2.46. The maximum atomic E-state index is 12.6. The Kier molecular flexibility index (Phi) is 3.89. The van der Waals surface area contributed by atoms with E-state index in [1.54, 1.807) is 16.8 Å². The van der Waals surface area contributed by atoms with E-state index in [2.05, 4.69) is 16.6 Å². The lowest BCUT2D eigenvalue weighted by atomic mass is 9.95. The molecule has 3 heterocycles. The summed E-state index contributed by atoms with van der Waals surface area (Å²) < 4.78 is 1.71. The number of rotatable bonds is 3.